The van der Waals surface area contributed by atoms with Crippen LogP contribution in [0.15, 0.2) is 59.3 Å². The highest BCUT2D eigenvalue weighted by Gasteiger charge is 2.36. The largest absolute Gasteiger partial charge is 0.493 e. The topological polar surface area (TPSA) is 203 Å². The van der Waals surface area contributed by atoms with Crippen molar-refractivity contribution >= 4 is 23.9 Å². The molecule has 69 heavy (non-hydrogen) atoms. The average Bonchev–Trinajstić information content (AvgIpc) is 3.96. The molecule has 17 nitrogen and oxygen atoms in total. The van der Waals surface area contributed by atoms with E-state index in [0.717, 1.165) is 47.3 Å². The first kappa shape index (κ1) is 48.6. The molecule has 2 aromatic heterocycles. The molecule has 0 unspecified atom stereocenters. The lowest BCUT2D eigenvalue weighted by atomic mass is 9.75. The second kappa shape index (κ2) is 20.8. The van der Waals surface area contributed by atoms with E-state index < -0.39 is 18.1 Å². The molecular formula is C52H63N7O10. The molecule has 8 rings (SSSR count). The Morgan fingerprint density at radius 2 is 1.61 bits per heavy atom. The van der Waals surface area contributed by atoms with E-state index in [-0.39, 0.29) is 29.0 Å². The quantitative estimate of drug-likeness (QED) is 0.102. The molecule has 3 amide bonds. The van der Waals surface area contributed by atoms with Crippen LogP contribution in [-0.2, 0) is 24.0 Å². The van der Waals surface area contributed by atoms with Crippen molar-refractivity contribution in [1.29, 1.82) is 0 Å². The minimum Gasteiger partial charge on any atom is -0.493 e. The number of Topliss-reactive ketones (excluding diaryl/α,β-unsaturated/α-hetero) is 1. The van der Waals surface area contributed by atoms with Crippen LogP contribution >= 0.6 is 0 Å². The number of nitrogens with one attached hydrogen (secondary N) is 1. The summed E-state index contributed by atoms with van der Waals surface area (Å²) in [5.74, 6) is 2.33. The lowest BCUT2D eigenvalue weighted by Gasteiger charge is -2.34. The van der Waals surface area contributed by atoms with Gasteiger partial charge in [0.25, 0.3) is 0 Å². The fourth-order valence-electron chi connectivity index (χ4n) is 10.1. The van der Waals surface area contributed by atoms with Crippen molar-refractivity contribution in [2.45, 2.75) is 85.2 Å². The summed E-state index contributed by atoms with van der Waals surface area (Å²) in [4.78, 5) is 55.8. The van der Waals surface area contributed by atoms with Crippen LogP contribution in [0.25, 0.3) is 28.1 Å². The van der Waals surface area contributed by atoms with E-state index in [2.05, 4.69) is 29.2 Å². The van der Waals surface area contributed by atoms with E-state index in [4.69, 9.17) is 39.0 Å². The van der Waals surface area contributed by atoms with Crippen LogP contribution < -0.4 is 30.0 Å². The van der Waals surface area contributed by atoms with Gasteiger partial charge in [0, 0.05) is 62.4 Å². The number of nitrogens with two attached hydrogens (primary N) is 1. The smallest absolute Gasteiger partial charge is 0.415 e. The van der Waals surface area contributed by atoms with E-state index in [1.165, 1.54) is 7.11 Å². The predicted octanol–water partition coefficient (Wildman–Crippen LogP) is 7.99. The summed E-state index contributed by atoms with van der Waals surface area (Å²) < 4.78 is 36.2. The number of ether oxygens (including phenoxy) is 5. The number of amides is 3. The number of fused-ring (bicyclic) bond motifs is 1. The van der Waals surface area contributed by atoms with Crippen LogP contribution in [0.5, 0.6) is 23.0 Å². The molecular weight excluding hydrogens is 883 g/mol. The summed E-state index contributed by atoms with van der Waals surface area (Å²) in [7, 11) is 4.72. The summed E-state index contributed by atoms with van der Waals surface area (Å²) in [6, 6.07) is 14.8. The zero-order valence-corrected chi connectivity index (χ0v) is 40.6. The predicted molar refractivity (Wildman–Crippen MR) is 258 cm³/mol. The number of piperazine rings is 1. The summed E-state index contributed by atoms with van der Waals surface area (Å²) in [5, 5.41) is 11.8. The maximum Gasteiger partial charge on any atom is 0.415 e. The molecule has 0 bridgehead atoms. The van der Waals surface area contributed by atoms with E-state index in [9.17, 15) is 19.2 Å². The Hall–Kier alpha value is -6.88. The fraction of sp³-hybridized carbons (Fsp3) is 0.462. The maximum atomic E-state index is 13.5. The Morgan fingerprint density at radius 3 is 2.30 bits per heavy atom. The monoisotopic (exact) mass is 945 g/mol. The average molecular weight is 946 g/mol. The number of hydrogen-bond donors (Lipinski definition) is 2. The van der Waals surface area contributed by atoms with Crippen molar-refractivity contribution < 1.29 is 47.4 Å². The van der Waals surface area contributed by atoms with Crippen molar-refractivity contribution in [1.82, 2.24) is 30.1 Å². The minimum atomic E-state index is -0.494. The van der Waals surface area contributed by atoms with Gasteiger partial charge in [0.1, 0.15) is 6.10 Å². The van der Waals surface area contributed by atoms with Crippen molar-refractivity contribution in [3.63, 3.8) is 0 Å². The molecule has 3 aromatic carbocycles. The summed E-state index contributed by atoms with van der Waals surface area (Å²) in [5.41, 5.74) is 13.3. The zero-order valence-electron chi connectivity index (χ0n) is 40.6. The summed E-state index contributed by atoms with van der Waals surface area (Å²) in [6.45, 7) is 11.2. The first-order chi connectivity index (χ1) is 33.2. The van der Waals surface area contributed by atoms with Gasteiger partial charge in [0.2, 0.25) is 5.91 Å². The molecule has 1 aliphatic heterocycles. The van der Waals surface area contributed by atoms with Crippen LogP contribution in [0.3, 0.4) is 0 Å². The lowest BCUT2D eigenvalue weighted by molar-refractivity contribution is 0.0631. The molecule has 0 radical (unpaired) electrons. The number of benzene rings is 3. The number of methoxy groups -OCH3 is 3. The molecule has 2 aliphatic carbocycles. The van der Waals surface area contributed by atoms with Crippen LogP contribution in [0.1, 0.15) is 96.1 Å². The maximum absolute atomic E-state index is 13.5. The number of carbonyl (C=O) groups excluding carboxylic acids is 4. The van der Waals surface area contributed by atoms with Gasteiger partial charge >= 0.3 is 12.2 Å². The van der Waals surface area contributed by atoms with Gasteiger partial charge in [-0.2, -0.15) is 5.10 Å². The molecule has 0 atom stereocenters. The van der Waals surface area contributed by atoms with Crippen LogP contribution in [-0.4, -0.2) is 115 Å². The highest BCUT2D eigenvalue weighted by Crippen LogP contribution is 2.42. The van der Waals surface area contributed by atoms with E-state index >= 15 is 0 Å². The normalized spacial score (nSPS) is 18.0. The number of alkyl carbamates (subject to hydrolysis) is 1. The van der Waals surface area contributed by atoms with E-state index in [1.54, 1.807) is 43.5 Å². The zero-order chi connectivity index (χ0) is 49.0. The number of aryl methyl sites for hydroxylation is 2. The highest BCUT2D eigenvalue weighted by atomic mass is 16.6. The van der Waals surface area contributed by atoms with Crippen molar-refractivity contribution in [2.24, 2.45) is 17.1 Å². The number of ketones is 1. The van der Waals surface area contributed by atoms with Gasteiger partial charge in [-0.25, -0.2) is 14.3 Å². The Morgan fingerprint density at radius 1 is 0.870 bits per heavy atom. The molecule has 1 saturated carbocycles. The van der Waals surface area contributed by atoms with Crippen molar-refractivity contribution in [3.8, 4) is 51.1 Å². The Labute approximate surface area is 402 Å². The Bertz CT molecular complexity index is 2680. The first-order valence-electron chi connectivity index (χ1n) is 23.8. The first-order valence-corrected chi connectivity index (χ1v) is 23.8. The molecule has 3 N–H and O–H groups in total. The number of aromatic nitrogens is 3. The fourth-order valence-corrected chi connectivity index (χ4v) is 10.1. The molecule has 0 spiro atoms. The number of carbonyl (C=O) groups is 4. The SMILES string of the molecule is CCc1cc(-c2oncc2-c2ccc(OC)c(OC(=O)N3CCN(CCNC(=O)OC4CCC(Cc5cc(-n6nc(C)c7c6CC(C)(C)CC7=O)ccc5C(N)=O)CC4)CC3)c2)cc(OC)c1OC. The minimum absolute atomic E-state index is 0.114. The van der Waals surface area contributed by atoms with Gasteiger partial charge in [-0.15, -0.1) is 0 Å². The number of nitrogens with zero attached hydrogens (tertiary/aromatic N) is 5. The van der Waals surface area contributed by atoms with Gasteiger partial charge in [-0.05, 0) is 122 Å². The van der Waals surface area contributed by atoms with Crippen LogP contribution in [0, 0.1) is 18.3 Å². The lowest BCUT2D eigenvalue weighted by Crippen LogP contribution is -2.51. The highest BCUT2D eigenvalue weighted by molar-refractivity contribution is 6.00. The second-order valence-electron chi connectivity index (χ2n) is 19.0. The van der Waals surface area contributed by atoms with Gasteiger partial charge < -0.3 is 44.2 Å². The number of hydrogen-bond acceptors (Lipinski definition) is 13. The van der Waals surface area contributed by atoms with Gasteiger partial charge in [-0.3, -0.25) is 14.5 Å². The van der Waals surface area contributed by atoms with Crippen molar-refractivity contribution in [3.05, 3.63) is 88.4 Å². The standard InChI is InChI=1S/C52H63N7O10/c1-8-33-24-36(27-45(65-6)48(33)66-7)47-40(30-55-69-47)34-11-16-43(64-5)44(26-34)68-51(63)58-21-19-57(20-22-58)18-17-54-50(62)67-38-13-9-32(10-14-38)23-35-25-37(12-15-39(35)49(53)61)59-41-28-52(3,4)29-42(60)46(41)31(2)56-59/h11-12,15-16,24-27,30,32,38H,8-10,13-14,17-23,28-29H2,1-7H3,(H2,53,61)(H,54,62). The summed E-state index contributed by atoms with van der Waals surface area (Å²) in [6.07, 6.45) is 6.12. The third-order valence-electron chi connectivity index (χ3n) is 13.7. The van der Waals surface area contributed by atoms with Crippen LogP contribution in [0.4, 0.5) is 9.59 Å². The van der Waals surface area contributed by atoms with Crippen molar-refractivity contribution in [2.75, 3.05) is 60.6 Å². The second-order valence-corrected chi connectivity index (χ2v) is 19.0. The van der Waals surface area contributed by atoms with E-state index in [1.807, 2.05) is 48.9 Å². The molecule has 3 heterocycles. The Balaban J connectivity index is 0.789. The number of rotatable bonds is 15. The van der Waals surface area contributed by atoms with Gasteiger partial charge in [0.15, 0.2) is 34.5 Å². The molecule has 1 saturated heterocycles. The molecule has 366 valence electrons. The molecule has 17 heteroatoms. The molecule has 5 aromatic rings. The molecule has 3 aliphatic rings. The van der Waals surface area contributed by atoms with E-state index in [0.29, 0.717) is 122 Å². The summed E-state index contributed by atoms with van der Waals surface area (Å²) >= 11 is 0. The Kier molecular flexibility index (Phi) is 14.6. The third kappa shape index (κ3) is 10.7. The third-order valence-corrected chi connectivity index (χ3v) is 13.7. The van der Waals surface area contributed by atoms with Crippen LogP contribution in [0.2, 0.25) is 0 Å². The number of primary amides is 1. The van der Waals surface area contributed by atoms with Gasteiger partial charge in [0.05, 0.1) is 50.2 Å². The van der Waals surface area contributed by atoms with Gasteiger partial charge in [-0.1, -0.05) is 32.0 Å². The molecule has 2 fully saturated rings.